The van der Waals surface area contributed by atoms with E-state index in [1.807, 2.05) is 30.5 Å². The van der Waals surface area contributed by atoms with Gasteiger partial charge in [0.05, 0.1) is 5.69 Å². The van der Waals surface area contributed by atoms with Crippen molar-refractivity contribution in [2.24, 2.45) is 0 Å². The lowest BCUT2D eigenvalue weighted by atomic mass is 10.2. The maximum Gasteiger partial charge on any atom is 0.213 e. The van der Waals surface area contributed by atoms with Crippen LogP contribution in [0.4, 0.5) is 5.69 Å². The molecule has 0 fully saturated rings. The lowest BCUT2D eigenvalue weighted by molar-refractivity contribution is -0.107. The number of hydrogen-bond acceptors (Lipinski definition) is 1. The minimum Gasteiger partial charge on any atom is -0.361 e. The second kappa shape index (κ2) is 2.94. The molecule has 66 valence electrons. The Kier molecular flexibility index (Phi) is 1.77. The molecule has 13 heavy (non-hydrogen) atoms. The summed E-state index contributed by atoms with van der Waals surface area (Å²) >= 11 is 0. The van der Waals surface area contributed by atoms with Gasteiger partial charge in [-0.15, -0.1) is 0 Å². The molecule has 0 atom stereocenters. The Balaban J connectivity index is 2.67. The van der Waals surface area contributed by atoms with E-state index >= 15 is 0 Å². The topological polar surface area (TPSA) is 36.1 Å². The van der Waals surface area contributed by atoms with Gasteiger partial charge in [0.1, 0.15) is 0 Å². The van der Waals surface area contributed by atoms with Crippen LogP contribution in [0.15, 0.2) is 30.5 Å². The van der Waals surface area contributed by atoms with Crippen LogP contribution in [0.1, 0.15) is 0 Å². The summed E-state index contributed by atoms with van der Waals surface area (Å²) in [4.78, 5) is 15.2. The monoisotopic (exact) mass is 174 g/mol. The molecule has 0 saturated carbocycles. The fourth-order valence-corrected chi connectivity index (χ4v) is 1.43. The number of anilines is 1. The molecule has 0 spiro atoms. The standard InChI is InChI=1S/C10H10N2O/c1-12(7-13)10-4-2-3-9-8(10)5-6-11-9/h2-7,11H,1H3. The van der Waals surface area contributed by atoms with Crippen molar-refractivity contribution in [1.82, 2.24) is 4.98 Å². The smallest absolute Gasteiger partial charge is 0.213 e. The van der Waals surface area contributed by atoms with Gasteiger partial charge < -0.3 is 9.88 Å². The van der Waals surface area contributed by atoms with Gasteiger partial charge in [-0.25, -0.2) is 0 Å². The molecule has 0 aliphatic carbocycles. The number of carbonyl (C=O) groups excluding carboxylic acids is 1. The Hall–Kier alpha value is -1.77. The van der Waals surface area contributed by atoms with Gasteiger partial charge in [-0.1, -0.05) is 6.07 Å². The minimum absolute atomic E-state index is 0.807. The van der Waals surface area contributed by atoms with E-state index in [2.05, 4.69) is 4.98 Å². The summed E-state index contributed by atoms with van der Waals surface area (Å²) in [6, 6.07) is 7.79. The van der Waals surface area contributed by atoms with Crippen LogP contribution in [0, 0.1) is 0 Å². The molecule has 1 amide bonds. The third kappa shape index (κ3) is 1.18. The van der Waals surface area contributed by atoms with Crippen molar-refractivity contribution in [3.05, 3.63) is 30.5 Å². The average Bonchev–Trinajstić information content (AvgIpc) is 2.63. The van der Waals surface area contributed by atoms with Crippen molar-refractivity contribution in [3.8, 4) is 0 Å². The van der Waals surface area contributed by atoms with E-state index < -0.39 is 0 Å². The van der Waals surface area contributed by atoms with E-state index in [4.69, 9.17) is 0 Å². The van der Waals surface area contributed by atoms with Crippen LogP contribution in [-0.4, -0.2) is 18.4 Å². The van der Waals surface area contributed by atoms with Gasteiger partial charge in [-0.2, -0.15) is 0 Å². The molecule has 1 aromatic heterocycles. The zero-order chi connectivity index (χ0) is 9.26. The Bertz CT molecular complexity index is 433. The molecule has 0 radical (unpaired) electrons. The second-order valence-electron chi connectivity index (χ2n) is 2.93. The van der Waals surface area contributed by atoms with Gasteiger partial charge in [0.15, 0.2) is 0 Å². The van der Waals surface area contributed by atoms with Crippen LogP contribution < -0.4 is 4.90 Å². The molecular weight excluding hydrogens is 164 g/mol. The number of hydrogen-bond donors (Lipinski definition) is 1. The van der Waals surface area contributed by atoms with Crippen molar-refractivity contribution in [2.75, 3.05) is 11.9 Å². The highest BCUT2D eigenvalue weighted by molar-refractivity contribution is 5.96. The van der Waals surface area contributed by atoms with Crippen molar-refractivity contribution >= 4 is 23.0 Å². The van der Waals surface area contributed by atoms with Crippen LogP contribution in [0.25, 0.3) is 10.9 Å². The summed E-state index contributed by atoms with van der Waals surface area (Å²) in [5, 5.41) is 1.07. The van der Waals surface area contributed by atoms with E-state index in [0.29, 0.717) is 0 Å². The van der Waals surface area contributed by atoms with Crippen LogP contribution >= 0.6 is 0 Å². The summed E-state index contributed by atoms with van der Waals surface area (Å²) in [7, 11) is 1.74. The first kappa shape index (κ1) is 7.86. The molecule has 2 aromatic rings. The first-order valence-corrected chi connectivity index (χ1v) is 4.07. The van der Waals surface area contributed by atoms with Crippen molar-refractivity contribution in [3.63, 3.8) is 0 Å². The number of aromatic amines is 1. The Morgan fingerprint density at radius 1 is 1.38 bits per heavy atom. The number of benzene rings is 1. The normalized spacial score (nSPS) is 10.2. The Labute approximate surface area is 76.0 Å². The Morgan fingerprint density at radius 3 is 3.00 bits per heavy atom. The molecule has 1 N–H and O–H groups in total. The number of nitrogens with zero attached hydrogens (tertiary/aromatic N) is 1. The van der Waals surface area contributed by atoms with Crippen LogP contribution in [0.5, 0.6) is 0 Å². The summed E-state index contributed by atoms with van der Waals surface area (Å²) in [6.07, 6.45) is 2.68. The highest BCUT2D eigenvalue weighted by atomic mass is 16.1. The highest BCUT2D eigenvalue weighted by Crippen LogP contribution is 2.23. The fourth-order valence-electron chi connectivity index (χ4n) is 1.43. The Morgan fingerprint density at radius 2 is 2.23 bits per heavy atom. The van der Waals surface area contributed by atoms with E-state index in [0.717, 1.165) is 23.0 Å². The van der Waals surface area contributed by atoms with Gasteiger partial charge in [0.2, 0.25) is 6.41 Å². The van der Waals surface area contributed by atoms with E-state index in [-0.39, 0.29) is 0 Å². The lowest BCUT2D eigenvalue weighted by Crippen LogP contribution is -2.13. The number of carbonyl (C=O) groups is 1. The largest absolute Gasteiger partial charge is 0.361 e. The summed E-state index contributed by atoms with van der Waals surface area (Å²) < 4.78 is 0. The predicted molar refractivity (Wildman–Crippen MR) is 52.8 cm³/mol. The number of amides is 1. The molecule has 0 unspecified atom stereocenters. The molecule has 1 aromatic carbocycles. The first-order valence-electron chi connectivity index (χ1n) is 4.07. The number of nitrogens with one attached hydrogen (secondary N) is 1. The summed E-state index contributed by atoms with van der Waals surface area (Å²) in [5.41, 5.74) is 1.97. The van der Waals surface area contributed by atoms with Gasteiger partial charge >= 0.3 is 0 Å². The molecule has 3 heteroatoms. The fraction of sp³-hybridized carbons (Fsp3) is 0.100. The van der Waals surface area contributed by atoms with Crippen LogP contribution in [0.3, 0.4) is 0 Å². The molecule has 3 nitrogen and oxygen atoms in total. The van der Waals surface area contributed by atoms with Gasteiger partial charge in [-0.3, -0.25) is 4.79 Å². The molecular formula is C10H10N2O. The maximum absolute atomic E-state index is 10.6. The van der Waals surface area contributed by atoms with Crippen molar-refractivity contribution in [1.29, 1.82) is 0 Å². The zero-order valence-corrected chi connectivity index (χ0v) is 7.32. The van der Waals surface area contributed by atoms with Crippen LogP contribution in [0.2, 0.25) is 0 Å². The number of H-pyrrole nitrogens is 1. The number of rotatable bonds is 2. The molecule has 0 bridgehead atoms. The van der Waals surface area contributed by atoms with Gasteiger partial charge in [0.25, 0.3) is 0 Å². The molecule has 0 aliphatic heterocycles. The van der Waals surface area contributed by atoms with Crippen molar-refractivity contribution < 1.29 is 4.79 Å². The number of fused-ring (bicyclic) bond motifs is 1. The van der Waals surface area contributed by atoms with Crippen LogP contribution in [-0.2, 0) is 4.79 Å². The third-order valence-corrected chi connectivity index (χ3v) is 2.11. The van der Waals surface area contributed by atoms with E-state index in [1.165, 1.54) is 0 Å². The maximum atomic E-state index is 10.6. The molecule has 2 rings (SSSR count). The zero-order valence-electron chi connectivity index (χ0n) is 7.32. The average molecular weight is 174 g/mol. The quantitative estimate of drug-likeness (QED) is 0.692. The van der Waals surface area contributed by atoms with Gasteiger partial charge in [0, 0.05) is 24.1 Å². The molecule has 0 saturated heterocycles. The van der Waals surface area contributed by atoms with Gasteiger partial charge in [-0.05, 0) is 18.2 Å². The van der Waals surface area contributed by atoms with E-state index in [1.54, 1.807) is 11.9 Å². The van der Waals surface area contributed by atoms with E-state index in [9.17, 15) is 4.79 Å². The lowest BCUT2D eigenvalue weighted by Gasteiger charge is -2.11. The number of aromatic nitrogens is 1. The predicted octanol–water partition coefficient (Wildman–Crippen LogP) is 1.76. The third-order valence-electron chi connectivity index (χ3n) is 2.11. The molecule has 0 aliphatic rings. The first-order chi connectivity index (χ1) is 6.33. The second-order valence-corrected chi connectivity index (χ2v) is 2.93. The highest BCUT2D eigenvalue weighted by Gasteiger charge is 2.04. The minimum atomic E-state index is 0.807. The molecule has 1 heterocycles. The van der Waals surface area contributed by atoms with Crippen molar-refractivity contribution in [2.45, 2.75) is 0 Å². The SMILES string of the molecule is CN(C=O)c1cccc2[nH]ccc12. The summed E-state index contributed by atoms with van der Waals surface area (Å²) in [5.74, 6) is 0. The summed E-state index contributed by atoms with van der Waals surface area (Å²) in [6.45, 7) is 0.